The molecule has 0 saturated carbocycles. The minimum atomic E-state index is -3.07. The Morgan fingerprint density at radius 3 is 2.79 bits per heavy atom. The maximum atomic E-state index is 12.0. The highest BCUT2D eigenvalue weighted by Gasteiger charge is 2.29. The van der Waals surface area contributed by atoms with Crippen LogP contribution >= 0.6 is 0 Å². The van der Waals surface area contributed by atoms with Gasteiger partial charge in [-0.1, -0.05) is 18.5 Å². The number of hydrogen-bond acceptors (Lipinski definition) is 5. The third-order valence-electron chi connectivity index (χ3n) is 3.18. The predicted octanol–water partition coefficient (Wildman–Crippen LogP) is -0.157. The molecule has 0 radical (unpaired) electrons. The molecule has 0 aromatic carbocycles. The Hall–Kier alpha value is -1.31. The maximum absolute atomic E-state index is 12.0. The Morgan fingerprint density at radius 2 is 2.26 bits per heavy atom. The van der Waals surface area contributed by atoms with Crippen LogP contribution in [0.15, 0.2) is 5.16 Å². The van der Waals surface area contributed by atoms with Gasteiger partial charge in [0.25, 0.3) is 0 Å². The number of nitrogens with zero attached hydrogens (tertiary/aromatic N) is 1. The van der Waals surface area contributed by atoms with Gasteiger partial charge >= 0.3 is 0 Å². The highest BCUT2D eigenvalue weighted by atomic mass is 32.2. The maximum Gasteiger partial charge on any atom is 0.231 e. The lowest BCUT2D eigenvalue weighted by Crippen LogP contribution is -2.48. The molecule has 0 aliphatic carbocycles. The van der Waals surface area contributed by atoms with Gasteiger partial charge in [-0.25, -0.2) is 8.42 Å². The fourth-order valence-electron chi connectivity index (χ4n) is 2.21. The summed E-state index contributed by atoms with van der Waals surface area (Å²) in [6.45, 7) is 1.88. The normalized spacial score (nSPS) is 24.7. The summed E-state index contributed by atoms with van der Waals surface area (Å²) in [7, 11) is -3.07. The summed E-state index contributed by atoms with van der Waals surface area (Å²) in [6, 6.07) is -0.378. The van der Waals surface area contributed by atoms with Gasteiger partial charge in [-0.2, -0.15) is 0 Å². The van der Waals surface area contributed by atoms with Gasteiger partial charge in [0.05, 0.1) is 17.4 Å². The topological polar surface area (TPSA) is 122 Å². The Balaban J connectivity index is 2.66. The number of oxime groups is 1. The van der Waals surface area contributed by atoms with E-state index in [0.29, 0.717) is 25.7 Å². The Labute approximate surface area is 113 Å². The molecule has 8 heteroatoms. The van der Waals surface area contributed by atoms with Crippen molar-refractivity contribution in [3.05, 3.63) is 0 Å². The van der Waals surface area contributed by atoms with Crippen molar-refractivity contribution in [1.29, 1.82) is 0 Å². The molecule has 1 fully saturated rings. The van der Waals surface area contributed by atoms with E-state index in [-0.39, 0.29) is 29.3 Å². The van der Waals surface area contributed by atoms with Crippen LogP contribution in [0.2, 0.25) is 0 Å². The number of nitrogens with two attached hydrogens (primary N) is 1. The van der Waals surface area contributed by atoms with Crippen LogP contribution in [0.1, 0.15) is 32.6 Å². The SMILES string of the molecule is CCCC(C(=O)NC1CCCS(=O)(=O)C1)C(N)=NO. The molecule has 0 bridgehead atoms. The highest BCUT2D eigenvalue weighted by molar-refractivity contribution is 7.91. The van der Waals surface area contributed by atoms with E-state index in [1.807, 2.05) is 6.92 Å². The fraction of sp³-hybridized carbons (Fsp3) is 0.818. The number of amides is 1. The molecule has 2 unspecified atom stereocenters. The molecule has 1 heterocycles. The van der Waals surface area contributed by atoms with Gasteiger partial charge in [-0.3, -0.25) is 4.79 Å². The average molecular weight is 291 g/mol. The van der Waals surface area contributed by atoms with Crippen LogP contribution in [0.5, 0.6) is 0 Å². The van der Waals surface area contributed by atoms with E-state index in [1.165, 1.54) is 0 Å². The van der Waals surface area contributed by atoms with E-state index >= 15 is 0 Å². The smallest absolute Gasteiger partial charge is 0.231 e. The molecule has 0 spiro atoms. The minimum Gasteiger partial charge on any atom is -0.409 e. The number of hydrogen-bond donors (Lipinski definition) is 3. The first kappa shape index (κ1) is 15.7. The fourth-order valence-corrected chi connectivity index (χ4v) is 3.85. The van der Waals surface area contributed by atoms with E-state index in [2.05, 4.69) is 10.5 Å². The number of carbonyl (C=O) groups excluding carboxylic acids is 1. The molecule has 110 valence electrons. The van der Waals surface area contributed by atoms with Crippen LogP contribution in [-0.2, 0) is 14.6 Å². The number of rotatable bonds is 5. The molecule has 0 aromatic heterocycles. The third kappa shape index (κ3) is 4.70. The first-order valence-electron chi connectivity index (χ1n) is 6.37. The largest absolute Gasteiger partial charge is 0.409 e. The van der Waals surface area contributed by atoms with Crippen LogP contribution < -0.4 is 11.1 Å². The van der Waals surface area contributed by atoms with Gasteiger partial charge in [-0.05, 0) is 19.3 Å². The first-order valence-corrected chi connectivity index (χ1v) is 8.20. The van der Waals surface area contributed by atoms with Gasteiger partial charge in [0.15, 0.2) is 15.7 Å². The van der Waals surface area contributed by atoms with Crippen molar-refractivity contribution in [3.8, 4) is 0 Å². The summed E-state index contributed by atoms with van der Waals surface area (Å²) in [4.78, 5) is 12.0. The first-order chi connectivity index (χ1) is 8.89. The number of amidine groups is 1. The van der Waals surface area contributed by atoms with Crippen molar-refractivity contribution in [2.75, 3.05) is 11.5 Å². The lowest BCUT2D eigenvalue weighted by Gasteiger charge is -2.25. The van der Waals surface area contributed by atoms with Gasteiger partial charge in [-0.15, -0.1) is 0 Å². The lowest BCUT2D eigenvalue weighted by atomic mass is 10.0. The zero-order valence-electron chi connectivity index (χ0n) is 11.0. The van der Waals surface area contributed by atoms with Crippen molar-refractivity contribution in [2.24, 2.45) is 16.8 Å². The van der Waals surface area contributed by atoms with Crippen molar-refractivity contribution >= 4 is 21.6 Å². The molecule has 2 atom stereocenters. The Bertz CT molecular complexity index is 447. The van der Waals surface area contributed by atoms with Crippen molar-refractivity contribution < 1.29 is 18.4 Å². The Kier molecular flexibility index (Phi) is 5.59. The lowest BCUT2D eigenvalue weighted by molar-refractivity contribution is -0.123. The van der Waals surface area contributed by atoms with Crippen LogP contribution in [0.4, 0.5) is 0 Å². The summed E-state index contributed by atoms with van der Waals surface area (Å²) < 4.78 is 23.0. The number of carbonyl (C=O) groups is 1. The van der Waals surface area contributed by atoms with E-state index in [9.17, 15) is 13.2 Å². The molecule has 0 aromatic rings. The molecule has 4 N–H and O–H groups in total. The quantitative estimate of drug-likeness (QED) is 0.281. The second-order valence-electron chi connectivity index (χ2n) is 4.83. The monoisotopic (exact) mass is 291 g/mol. The molecular weight excluding hydrogens is 270 g/mol. The molecule has 1 rings (SSSR count). The standard InChI is InChI=1S/C11H21N3O4S/c1-2-4-9(10(12)14-16)11(15)13-8-5-3-6-19(17,18)7-8/h8-9,16H,2-7H2,1H3,(H2,12,14)(H,13,15). The van der Waals surface area contributed by atoms with Gasteiger partial charge < -0.3 is 16.3 Å². The Morgan fingerprint density at radius 1 is 1.58 bits per heavy atom. The van der Waals surface area contributed by atoms with Gasteiger partial charge in [0, 0.05) is 6.04 Å². The number of nitrogens with one attached hydrogen (secondary N) is 1. The van der Waals surface area contributed by atoms with Crippen LogP contribution in [0, 0.1) is 5.92 Å². The number of sulfone groups is 1. The minimum absolute atomic E-state index is 0.0340. The molecule has 1 aliphatic rings. The molecule has 1 aliphatic heterocycles. The molecule has 1 amide bonds. The van der Waals surface area contributed by atoms with Crippen molar-refractivity contribution in [1.82, 2.24) is 5.32 Å². The molecule has 7 nitrogen and oxygen atoms in total. The van der Waals surface area contributed by atoms with Crippen molar-refractivity contribution in [3.63, 3.8) is 0 Å². The van der Waals surface area contributed by atoms with Crippen molar-refractivity contribution in [2.45, 2.75) is 38.6 Å². The molecule has 1 saturated heterocycles. The molecule has 19 heavy (non-hydrogen) atoms. The van der Waals surface area contributed by atoms with Gasteiger partial charge in [0.1, 0.15) is 0 Å². The van der Waals surface area contributed by atoms with Crippen LogP contribution in [0.25, 0.3) is 0 Å². The van der Waals surface area contributed by atoms with E-state index in [4.69, 9.17) is 10.9 Å². The summed E-state index contributed by atoms with van der Waals surface area (Å²) in [5.74, 6) is -1.08. The van der Waals surface area contributed by atoms with E-state index in [0.717, 1.165) is 0 Å². The van der Waals surface area contributed by atoms with Gasteiger partial charge in [0.2, 0.25) is 5.91 Å². The average Bonchev–Trinajstić information content (AvgIpc) is 2.33. The van der Waals surface area contributed by atoms with E-state index in [1.54, 1.807) is 0 Å². The zero-order chi connectivity index (χ0) is 14.5. The van der Waals surface area contributed by atoms with Crippen LogP contribution in [0.3, 0.4) is 0 Å². The predicted molar refractivity (Wildman–Crippen MR) is 71.6 cm³/mol. The highest BCUT2D eigenvalue weighted by Crippen LogP contribution is 2.14. The summed E-state index contributed by atoms with van der Waals surface area (Å²) >= 11 is 0. The summed E-state index contributed by atoms with van der Waals surface area (Å²) in [6.07, 6.45) is 2.35. The second-order valence-corrected chi connectivity index (χ2v) is 7.06. The summed E-state index contributed by atoms with van der Waals surface area (Å²) in [5.41, 5.74) is 5.48. The third-order valence-corrected chi connectivity index (χ3v) is 5.00. The second kappa shape index (κ2) is 6.74. The molecular formula is C11H21N3O4S. The van der Waals surface area contributed by atoms with E-state index < -0.39 is 15.8 Å². The van der Waals surface area contributed by atoms with Crippen LogP contribution in [-0.4, -0.2) is 42.9 Å². The zero-order valence-corrected chi connectivity index (χ0v) is 11.8. The summed E-state index contributed by atoms with van der Waals surface area (Å²) in [5, 5.41) is 14.2.